The monoisotopic (exact) mass is 227 g/mol. The molecule has 0 heterocycles. The summed E-state index contributed by atoms with van der Waals surface area (Å²) in [7, 11) is 1.78. The fourth-order valence-electron chi connectivity index (χ4n) is 1.66. The van der Waals surface area contributed by atoms with Gasteiger partial charge in [0.25, 0.3) is 0 Å². The highest BCUT2D eigenvalue weighted by Gasteiger charge is 2.21. The number of carbonyl (C=O) groups excluding carboxylic acids is 2. The van der Waals surface area contributed by atoms with Gasteiger partial charge in [-0.05, 0) is 26.7 Å². The highest BCUT2D eigenvalue weighted by atomic mass is 16.5. The van der Waals surface area contributed by atoms with Gasteiger partial charge in [0.15, 0.2) is 0 Å². The number of Topliss-reactive ketones (excluding diaryl/α,β-unsaturated/α-hetero) is 1. The molecule has 4 heteroatoms. The van der Waals surface area contributed by atoms with E-state index >= 15 is 0 Å². The summed E-state index contributed by atoms with van der Waals surface area (Å²) < 4.78 is 5.52. The van der Waals surface area contributed by atoms with Crippen molar-refractivity contribution < 1.29 is 14.3 Å². The number of carbonyl (C=O) groups is 2. The molecule has 0 bridgehead atoms. The van der Waals surface area contributed by atoms with E-state index in [4.69, 9.17) is 4.74 Å². The van der Waals surface area contributed by atoms with Crippen molar-refractivity contribution in [3.8, 4) is 0 Å². The Balaban J connectivity index is 2.24. The molecule has 0 aromatic rings. The number of ketones is 1. The molecule has 0 aliphatic heterocycles. The van der Waals surface area contributed by atoms with Crippen LogP contribution in [0.5, 0.6) is 0 Å². The van der Waals surface area contributed by atoms with Gasteiger partial charge >= 0.3 is 0 Å². The van der Waals surface area contributed by atoms with Gasteiger partial charge in [0.1, 0.15) is 12.4 Å². The Morgan fingerprint density at radius 2 is 2.00 bits per heavy atom. The van der Waals surface area contributed by atoms with Crippen LogP contribution in [-0.4, -0.2) is 42.4 Å². The van der Waals surface area contributed by atoms with Crippen molar-refractivity contribution in [3.63, 3.8) is 0 Å². The topological polar surface area (TPSA) is 46.6 Å². The molecular formula is C12H21NO3. The van der Waals surface area contributed by atoms with Crippen LogP contribution < -0.4 is 0 Å². The number of hydrogen-bond donors (Lipinski definition) is 0. The fourth-order valence-corrected chi connectivity index (χ4v) is 1.66. The summed E-state index contributed by atoms with van der Waals surface area (Å²) in [6.07, 6.45) is 2.80. The lowest BCUT2D eigenvalue weighted by atomic mass is 9.96. The first-order chi connectivity index (χ1) is 7.50. The number of nitrogens with zero attached hydrogens (tertiary/aromatic N) is 1. The number of ether oxygens (including phenoxy) is 1. The summed E-state index contributed by atoms with van der Waals surface area (Å²) in [5.41, 5.74) is 0. The van der Waals surface area contributed by atoms with Gasteiger partial charge in [0.05, 0.1) is 6.10 Å². The van der Waals surface area contributed by atoms with E-state index in [-0.39, 0.29) is 24.7 Å². The van der Waals surface area contributed by atoms with Crippen LogP contribution in [0.1, 0.15) is 39.5 Å². The number of likely N-dealkylation sites (N-methyl/N-ethyl adjacent to an activating group) is 1. The van der Waals surface area contributed by atoms with Crippen LogP contribution in [0.2, 0.25) is 0 Å². The third-order valence-corrected chi connectivity index (χ3v) is 3.10. The van der Waals surface area contributed by atoms with Crippen LogP contribution in [-0.2, 0) is 14.3 Å². The van der Waals surface area contributed by atoms with Gasteiger partial charge in [0.2, 0.25) is 5.91 Å². The number of rotatable bonds is 4. The maximum Gasteiger partial charge on any atom is 0.248 e. The maximum atomic E-state index is 11.6. The smallest absolute Gasteiger partial charge is 0.248 e. The first-order valence-corrected chi connectivity index (χ1v) is 5.89. The standard InChI is InChI=1S/C12H21NO3/c1-9(2)13(3)12(15)8-16-11-6-4-10(14)5-7-11/h9,11H,4-8H2,1-3H3. The predicted octanol–water partition coefficient (Wildman–Crippen LogP) is 1.38. The quantitative estimate of drug-likeness (QED) is 0.729. The summed E-state index contributed by atoms with van der Waals surface area (Å²) in [6, 6.07) is 0.198. The highest BCUT2D eigenvalue weighted by Crippen LogP contribution is 2.17. The Labute approximate surface area is 96.9 Å². The molecule has 0 radical (unpaired) electrons. The third-order valence-electron chi connectivity index (χ3n) is 3.10. The van der Waals surface area contributed by atoms with Gasteiger partial charge < -0.3 is 9.64 Å². The van der Waals surface area contributed by atoms with Gasteiger partial charge in [-0.25, -0.2) is 0 Å². The third kappa shape index (κ3) is 3.93. The zero-order valence-electron chi connectivity index (χ0n) is 10.4. The van der Waals surface area contributed by atoms with E-state index < -0.39 is 0 Å². The van der Waals surface area contributed by atoms with E-state index in [2.05, 4.69) is 0 Å². The molecule has 0 aromatic carbocycles. The zero-order valence-corrected chi connectivity index (χ0v) is 10.4. The summed E-state index contributed by atoms with van der Waals surface area (Å²) in [5, 5.41) is 0. The number of amides is 1. The van der Waals surface area contributed by atoms with E-state index in [1.54, 1.807) is 11.9 Å². The first-order valence-electron chi connectivity index (χ1n) is 5.89. The molecule has 0 unspecified atom stereocenters. The van der Waals surface area contributed by atoms with E-state index in [9.17, 15) is 9.59 Å². The Bertz CT molecular complexity index is 253. The van der Waals surface area contributed by atoms with Crippen molar-refractivity contribution in [3.05, 3.63) is 0 Å². The summed E-state index contributed by atoms with van der Waals surface area (Å²) in [4.78, 5) is 24.3. The summed E-state index contributed by atoms with van der Waals surface area (Å²) >= 11 is 0. The average Bonchev–Trinajstić information content (AvgIpc) is 2.26. The predicted molar refractivity (Wildman–Crippen MR) is 61.1 cm³/mol. The van der Waals surface area contributed by atoms with Gasteiger partial charge in [-0.15, -0.1) is 0 Å². The first kappa shape index (κ1) is 13.2. The molecule has 16 heavy (non-hydrogen) atoms. The van der Waals surface area contributed by atoms with Crippen molar-refractivity contribution in [2.24, 2.45) is 0 Å². The number of hydrogen-bond acceptors (Lipinski definition) is 3. The van der Waals surface area contributed by atoms with E-state index in [1.807, 2.05) is 13.8 Å². The average molecular weight is 227 g/mol. The van der Waals surface area contributed by atoms with Crippen molar-refractivity contribution in [2.45, 2.75) is 51.7 Å². The van der Waals surface area contributed by atoms with Crippen LogP contribution >= 0.6 is 0 Å². The summed E-state index contributed by atoms with van der Waals surface area (Å²) in [5.74, 6) is 0.317. The zero-order chi connectivity index (χ0) is 12.1. The minimum atomic E-state index is 0.00639. The van der Waals surface area contributed by atoms with Crippen molar-refractivity contribution in [1.82, 2.24) is 4.90 Å². The van der Waals surface area contributed by atoms with Crippen LogP contribution in [0.15, 0.2) is 0 Å². The molecule has 1 aliphatic carbocycles. The van der Waals surface area contributed by atoms with Crippen molar-refractivity contribution in [2.75, 3.05) is 13.7 Å². The van der Waals surface area contributed by atoms with E-state index in [1.165, 1.54) is 0 Å². The molecule has 0 saturated heterocycles. The lowest BCUT2D eigenvalue weighted by Crippen LogP contribution is -2.37. The highest BCUT2D eigenvalue weighted by molar-refractivity contribution is 5.79. The fraction of sp³-hybridized carbons (Fsp3) is 0.833. The normalized spacial score (nSPS) is 17.9. The molecule has 0 spiro atoms. The minimum Gasteiger partial charge on any atom is -0.368 e. The van der Waals surface area contributed by atoms with Crippen LogP contribution in [0.4, 0.5) is 0 Å². The van der Waals surface area contributed by atoms with Crippen LogP contribution in [0, 0.1) is 0 Å². The molecule has 1 saturated carbocycles. The maximum absolute atomic E-state index is 11.6. The lowest BCUT2D eigenvalue weighted by Gasteiger charge is -2.25. The van der Waals surface area contributed by atoms with E-state index in [0.29, 0.717) is 18.6 Å². The Morgan fingerprint density at radius 3 is 2.50 bits per heavy atom. The molecule has 0 aromatic heterocycles. The van der Waals surface area contributed by atoms with Gasteiger partial charge in [0, 0.05) is 25.9 Å². The second kappa shape index (κ2) is 5.99. The molecule has 1 aliphatic rings. The van der Waals surface area contributed by atoms with Crippen molar-refractivity contribution >= 4 is 11.7 Å². The second-order valence-electron chi connectivity index (χ2n) is 4.65. The van der Waals surface area contributed by atoms with E-state index in [0.717, 1.165) is 12.8 Å². The molecule has 4 nitrogen and oxygen atoms in total. The largest absolute Gasteiger partial charge is 0.368 e. The van der Waals surface area contributed by atoms with Gasteiger partial charge in [-0.2, -0.15) is 0 Å². The molecule has 92 valence electrons. The Hall–Kier alpha value is -0.900. The van der Waals surface area contributed by atoms with Crippen LogP contribution in [0.3, 0.4) is 0 Å². The molecule has 0 atom stereocenters. The molecule has 0 N–H and O–H groups in total. The van der Waals surface area contributed by atoms with Gasteiger partial charge in [-0.1, -0.05) is 0 Å². The molecular weight excluding hydrogens is 206 g/mol. The minimum absolute atomic E-state index is 0.00639. The SMILES string of the molecule is CC(C)N(C)C(=O)COC1CCC(=O)CC1. The Morgan fingerprint density at radius 1 is 1.44 bits per heavy atom. The molecule has 1 rings (SSSR count). The van der Waals surface area contributed by atoms with Gasteiger partial charge in [-0.3, -0.25) is 9.59 Å². The Kier molecular flexibility index (Phi) is 4.93. The summed E-state index contributed by atoms with van der Waals surface area (Å²) in [6.45, 7) is 4.07. The van der Waals surface area contributed by atoms with Crippen LogP contribution in [0.25, 0.3) is 0 Å². The van der Waals surface area contributed by atoms with Crippen molar-refractivity contribution in [1.29, 1.82) is 0 Å². The second-order valence-corrected chi connectivity index (χ2v) is 4.65. The molecule has 1 amide bonds. The lowest BCUT2D eigenvalue weighted by molar-refractivity contribution is -0.139. The molecule has 1 fully saturated rings.